The fourth-order valence-corrected chi connectivity index (χ4v) is 1.92. The van der Waals surface area contributed by atoms with Crippen LogP contribution in [0.15, 0.2) is 47.6 Å². The van der Waals surface area contributed by atoms with Crippen LogP contribution in [0.2, 0.25) is 0 Å². The van der Waals surface area contributed by atoms with Crippen molar-refractivity contribution in [3.05, 3.63) is 65.0 Å². The number of aryl methyl sites for hydroxylation is 2. The molecule has 5 heteroatoms. The Balaban J connectivity index is 1.84. The van der Waals surface area contributed by atoms with Gasteiger partial charge in [0.25, 0.3) is 5.91 Å². The first-order valence-electron chi connectivity index (χ1n) is 6.83. The maximum absolute atomic E-state index is 12.7. The van der Waals surface area contributed by atoms with E-state index in [4.69, 9.17) is 4.74 Å². The Kier molecular flexibility index (Phi) is 5.25. The molecule has 0 aliphatic carbocycles. The summed E-state index contributed by atoms with van der Waals surface area (Å²) < 4.78 is 18.2. The van der Waals surface area contributed by atoms with Gasteiger partial charge >= 0.3 is 0 Å². The van der Waals surface area contributed by atoms with E-state index in [2.05, 4.69) is 10.5 Å². The molecule has 0 aliphatic rings. The first kappa shape index (κ1) is 15.7. The largest absolute Gasteiger partial charge is 0.483 e. The Bertz CT molecular complexity index is 661. The molecule has 0 bridgehead atoms. The second kappa shape index (κ2) is 7.36. The second-order valence-electron chi connectivity index (χ2n) is 4.85. The minimum absolute atomic E-state index is 0.119. The van der Waals surface area contributed by atoms with Crippen molar-refractivity contribution in [2.75, 3.05) is 6.61 Å². The maximum Gasteiger partial charge on any atom is 0.277 e. The summed E-state index contributed by atoms with van der Waals surface area (Å²) >= 11 is 0. The Hall–Kier alpha value is -2.69. The first-order chi connectivity index (χ1) is 10.6. The molecule has 1 N–H and O–H groups in total. The third kappa shape index (κ3) is 4.41. The SMILES string of the molecule is Cc1cccc(C)c1OCC(=O)NN=Cc1ccc(F)cc1. The summed E-state index contributed by atoms with van der Waals surface area (Å²) in [5.74, 6) is 0.0318. The molecule has 0 atom stereocenters. The topological polar surface area (TPSA) is 50.7 Å². The van der Waals surface area contributed by atoms with Crippen LogP contribution in [0.5, 0.6) is 5.75 Å². The Morgan fingerprint density at radius 3 is 2.45 bits per heavy atom. The average molecular weight is 300 g/mol. The minimum atomic E-state index is -0.360. The van der Waals surface area contributed by atoms with E-state index in [-0.39, 0.29) is 18.3 Å². The van der Waals surface area contributed by atoms with Crippen molar-refractivity contribution < 1.29 is 13.9 Å². The van der Waals surface area contributed by atoms with Gasteiger partial charge in [0.1, 0.15) is 11.6 Å². The summed E-state index contributed by atoms with van der Waals surface area (Å²) in [6.07, 6.45) is 1.44. The predicted octanol–water partition coefficient (Wildman–Crippen LogP) is 2.97. The fraction of sp³-hybridized carbons (Fsp3) is 0.176. The number of carbonyl (C=O) groups excluding carboxylic acids is 1. The number of nitrogens with zero attached hydrogens (tertiary/aromatic N) is 1. The molecule has 2 rings (SSSR count). The van der Waals surface area contributed by atoms with Crippen molar-refractivity contribution in [3.8, 4) is 5.75 Å². The smallest absolute Gasteiger partial charge is 0.277 e. The number of ether oxygens (including phenoxy) is 1. The molecule has 0 saturated heterocycles. The van der Waals surface area contributed by atoms with Crippen LogP contribution in [-0.4, -0.2) is 18.7 Å². The number of benzene rings is 2. The van der Waals surface area contributed by atoms with Gasteiger partial charge in [-0.2, -0.15) is 5.10 Å². The molecule has 2 aromatic carbocycles. The Morgan fingerprint density at radius 2 is 1.82 bits per heavy atom. The van der Waals surface area contributed by atoms with E-state index in [1.807, 2.05) is 32.0 Å². The van der Waals surface area contributed by atoms with E-state index >= 15 is 0 Å². The molecule has 0 unspecified atom stereocenters. The van der Waals surface area contributed by atoms with Crippen LogP contribution < -0.4 is 10.2 Å². The third-order valence-corrected chi connectivity index (χ3v) is 3.03. The molecule has 1 amide bonds. The number of hydrogen-bond donors (Lipinski definition) is 1. The van der Waals surface area contributed by atoms with Crippen LogP contribution in [0, 0.1) is 19.7 Å². The van der Waals surface area contributed by atoms with Gasteiger partial charge < -0.3 is 4.74 Å². The van der Waals surface area contributed by atoms with Gasteiger partial charge in [0.15, 0.2) is 6.61 Å². The molecule has 0 radical (unpaired) electrons. The van der Waals surface area contributed by atoms with Crippen molar-refractivity contribution in [2.45, 2.75) is 13.8 Å². The number of carbonyl (C=O) groups is 1. The third-order valence-electron chi connectivity index (χ3n) is 3.03. The van der Waals surface area contributed by atoms with Crippen LogP contribution >= 0.6 is 0 Å². The predicted molar refractivity (Wildman–Crippen MR) is 83.5 cm³/mol. The highest BCUT2D eigenvalue weighted by molar-refractivity contribution is 5.82. The van der Waals surface area contributed by atoms with Crippen molar-refractivity contribution in [1.29, 1.82) is 0 Å². The van der Waals surface area contributed by atoms with Crippen molar-refractivity contribution in [2.24, 2.45) is 5.10 Å². The molecule has 0 saturated carbocycles. The summed E-state index contributed by atoms with van der Waals surface area (Å²) in [4.78, 5) is 11.7. The molecular weight excluding hydrogens is 283 g/mol. The molecule has 22 heavy (non-hydrogen) atoms. The zero-order chi connectivity index (χ0) is 15.9. The monoisotopic (exact) mass is 300 g/mol. The molecule has 0 aliphatic heterocycles. The van der Waals surface area contributed by atoms with E-state index in [0.29, 0.717) is 11.3 Å². The van der Waals surface area contributed by atoms with Crippen LogP contribution in [-0.2, 0) is 4.79 Å². The van der Waals surface area contributed by atoms with Crippen LogP contribution in [0.25, 0.3) is 0 Å². The zero-order valence-corrected chi connectivity index (χ0v) is 12.5. The average Bonchev–Trinajstić information content (AvgIpc) is 2.49. The normalized spacial score (nSPS) is 10.7. The van der Waals surface area contributed by atoms with Gasteiger partial charge in [-0.3, -0.25) is 4.79 Å². The van der Waals surface area contributed by atoms with E-state index in [0.717, 1.165) is 11.1 Å². The number of amides is 1. The highest BCUT2D eigenvalue weighted by Gasteiger charge is 2.06. The van der Waals surface area contributed by atoms with E-state index in [1.54, 1.807) is 12.1 Å². The number of halogens is 1. The lowest BCUT2D eigenvalue weighted by atomic mass is 10.1. The lowest BCUT2D eigenvalue weighted by Gasteiger charge is -2.10. The Morgan fingerprint density at radius 1 is 1.18 bits per heavy atom. The van der Waals surface area contributed by atoms with Crippen molar-refractivity contribution >= 4 is 12.1 Å². The molecule has 114 valence electrons. The number of nitrogens with one attached hydrogen (secondary N) is 1. The molecule has 0 fully saturated rings. The summed E-state index contributed by atoms with van der Waals surface area (Å²) in [6, 6.07) is 11.6. The molecule has 2 aromatic rings. The van der Waals surface area contributed by atoms with Gasteiger partial charge in [-0.25, -0.2) is 9.82 Å². The lowest BCUT2D eigenvalue weighted by Crippen LogP contribution is -2.25. The number of hydrogen-bond acceptors (Lipinski definition) is 3. The van der Waals surface area contributed by atoms with Crippen LogP contribution in [0.4, 0.5) is 4.39 Å². The summed E-state index contributed by atoms with van der Waals surface area (Å²) in [5, 5.41) is 3.80. The van der Waals surface area contributed by atoms with Gasteiger partial charge in [0, 0.05) is 0 Å². The van der Waals surface area contributed by atoms with Gasteiger partial charge in [0.2, 0.25) is 0 Å². The number of hydrazone groups is 1. The van der Waals surface area contributed by atoms with E-state index in [9.17, 15) is 9.18 Å². The lowest BCUT2D eigenvalue weighted by molar-refractivity contribution is -0.123. The summed E-state index contributed by atoms with van der Waals surface area (Å²) in [6.45, 7) is 3.73. The van der Waals surface area contributed by atoms with E-state index < -0.39 is 0 Å². The van der Waals surface area contributed by atoms with Gasteiger partial charge in [-0.15, -0.1) is 0 Å². The zero-order valence-electron chi connectivity index (χ0n) is 12.5. The van der Waals surface area contributed by atoms with Gasteiger partial charge in [-0.1, -0.05) is 30.3 Å². The van der Waals surface area contributed by atoms with Gasteiger partial charge in [0.05, 0.1) is 6.21 Å². The highest BCUT2D eigenvalue weighted by Crippen LogP contribution is 2.21. The Labute approximate surface area is 128 Å². The quantitative estimate of drug-likeness (QED) is 0.682. The summed E-state index contributed by atoms with van der Waals surface area (Å²) in [7, 11) is 0. The number of rotatable bonds is 5. The van der Waals surface area contributed by atoms with E-state index in [1.165, 1.54) is 18.3 Å². The molecule has 0 heterocycles. The molecule has 0 spiro atoms. The number of para-hydroxylation sites is 1. The van der Waals surface area contributed by atoms with Crippen molar-refractivity contribution in [3.63, 3.8) is 0 Å². The maximum atomic E-state index is 12.7. The summed E-state index contributed by atoms with van der Waals surface area (Å²) in [5.41, 5.74) is 5.01. The standard InChI is InChI=1S/C17H17FN2O2/c1-12-4-3-5-13(2)17(12)22-11-16(21)20-19-10-14-6-8-15(18)9-7-14/h3-10H,11H2,1-2H3,(H,20,21). The second-order valence-corrected chi connectivity index (χ2v) is 4.85. The molecule has 4 nitrogen and oxygen atoms in total. The first-order valence-corrected chi connectivity index (χ1v) is 6.83. The van der Waals surface area contributed by atoms with Crippen LogP contribution in [0.3, 0.4) is 0 Å². The van der Waals surface area contributed by atoms with Crippen LogP contribution in [0.1, 0.15) is 16.7 Å². The molecule has 0 aromatic heterocycles. The fourth-order valence-electron chi connectivity index (χ4n) is 1.92. The van der Waals surface area contributed by atoms with Gasteiger partial charge in [-0.05, 0) is 42.7 Å². The highest BCUT2D eigenvalue weighted by atomic mass is 19.1. The van der Waals surface area contributed by atoms with Crippen molar-refractivity contribution in [1.82, 2.24) is 5.43 Å². The molecular formula is C17H17FN2O2. The minimum Gasteiger partial charge on any atom is -0.483 e.